The lowest BCUT2D eigenvalue weighted by Gasteiger charge is -2.22. The lowest BCUT2D eigenvalue weighted by molar-refractivity contribution is 0.0666. The van der Waals surface area contributed by atoms with E-state index >= 15 is 0 Å². The minimum atomic E-state index is -0.965. The monoisotopic (exact) mass is 308 g/mol. The van der Waals surface area contributed by atoms with Gasteiger partial charge in [-0.2, -0.15) is 11.8 Å². The van der Waals surface area contributed by atoms with Crippen LogP contribution in [0.1, 0.15) is 12.0 Å². The minimum absolute atomic E-state index is 0.0284. The predicted molar refractivity (Wildman–Crippen MR) is 64.7 cm³/mol. The van der Waals surface area contributed by atoms with Gasteiger partial charge in [0.05, 0.1) is 10.1 Å². The Hall–Kier alpha value is -0.130. The lowest BCUT2D eigenvalue weighted by Crippen LogP contribution is -2.31. The molecule has 16 heavy (non-hydrogen) atoms. The molecule has 1 heterocycles. The second kappa shape index (κ2) is 4.63. The molecular formula is C11H11BrF2OS. The third-order valence-electron chi connectivity index (χ3n) is 2.73. The van der Waals surface area contributed by atoms with Crippen molar-refractivity contribution in [3.63, 3.8) is 0 Å². The van der Waals surface area contributed by atoms with Crippen LogP contribution in [0.25, 0.3) is 0 Å². The SMILES string of the molecule is OC1(Cc2c(F)ccc(Br)c2F)CCSC1. The first-order valence-corrected chi connectivity index (χ1v) is 6.89. The summed E-state index contributed by atoms with van der Waals surface area (Å²) in [6.07, 6.45) is 0.625. The summed E-state index contributed by atoms with van der Waals surface area (Å²) >= 11 is 4.63. The van der Waals surface area contributed by atoms with E-state index in [1.54, 1.807) is 11.8 Å². The molecule has 1 unspecified atom stereocenters. The molecule has 1 atom stereocenters. The number of halogens is 3. The fourth-order valence-corrected chi connectivity index (χ4v) is 3.46. The topological polar surface area (TPSA) is 20.2 Å². The largest absolute Gasteiger partial charge is 0.389 e. The van der Waals surface area contributed by atoms with E-state index in [4.69, 9.17) is 0 Å². The van der Waals surface area contributed by atoms with Gasteiger partial charge < -0.3 is 5.11 Å². The van der Waals surface area contributed by atoms with Gasteiger partial charge in [0.1, 0.15) is 11.6 Å². The van der Waals surface area contributed by atoms with Gasteiger partial charge >= 0.3 is 0 Å². The molecule has 1 N–H and O–H groups in total. The Balaban J connectivity index is 2.30. The molecule has 2 rings (SSSR count). The quantitative estimate of drug-likeness (QED) is 0.847. The molecule has 0 aromatic heterocycles. The van der Waals surface area contributed by atoms with E-state index in [1.807, 2.05) is 0 Å². The fraction of sp³-hybridized carbons (Fsp3) is 0.455. The summed E-state index contributed by atoms with van der Waals surface area (Å²) in [6, 6.07) is 2.55. The van der Waals surface area contributed by atoms with Crippen molar-refractivity contribution in [3.8, 4) is 0 Å². The van der Waals surface area contributed by atoms with Gasteiger partial charge in [0.25, 0.3) is 0 Å². The molecule has 0 amide bonds. The van der Waals surface area contributed by atoms with Crippen molar-refractivity contribution in [1.29, 1.82) is 0 Å². The fourth-order valence-electron chi connectivity index (χ4n) is 1.80. The maximum atomic E-state index is 13.7. The summed E-state index contributed by atoms with van der Waals surface area (Å²) in [5.41, 5.74) is -0.993. The zero-order valence-corrected chi connectivity index (χ0v) is 10.9. The molecule has 0 spiro atoms. The highest BCUT2D eigenvalue weighted by molar-refractivity contribution is 9.10. The highest BCUT2D eigenvalue weighted by Gasteiger charge is 2.34. The molecule has 1 aromatic carbocycles. The smallest absolute Gasteiger partial charge is 0.143 e. The lowest BCUT2D eigenvalue weighted by atomic mass is 9.93. The van der Waals surface area contributed by atoms with Crippen LogP contribution in [0.3, 0.4) is 0 Å². The second-order valence-corrected chi connectivity index (χ2v) is 5.98. The Morgan fingerprint density at radius 2 is 2.19 bits per heavy atom. The average Bonchev–Trinajstić information content (AvgIpc) is 2.66. The number of aliphatic hydroxyl groups is 1. The van der Waals surface area contributed by atoms with Gasteiger partial charge in [0, 0.05) is 17.7 Å². The maximum Gasteiger partial charge on any atom is 0.143 e. The van der Waals surface area contributed by atoms with Crippen LogP contribution in [-0.4, -0.2) is 22.2 Å². The van der Waals surface area contributed by atoms with Crippen LogP contribution in [0.2, 0.25) is 0 Å². The molecule has 1 saturated heterocycles. The molecular weight excluding hydrogens is 298 g/mol. The molecule has 1 aliphatic rings. The Morgan fingerprint density at radius 1 is 1.44 bits per heavy atom. The van der Waals surface area contributed by atoms with Gasteiger partial charge in [-0.15, -0.1) is 0 Å². The van der Waals surface area contributed by atoms with E-state index < -0.39 is 17.2 Å². The summed E-state index contributed by atoms with van der Waals surface area (Å²) in [6.45, 7) is 0. The van der Waals surface area contributed by atoms with E-state index in [1.165, 1.54) is 12.1 Å². The van der Waals surface area contributed by atoms with Crippen LogP contribution in [0, 0.1) is 11.6 Å². The first-order valence-electron chi connectivity index (χ1n) is 4.94. The van der Waals surface area contributed by atoms with Crippen LogP contribution in [0.4, 0.5) is 8.78 Å². The van der Waals surface area contributed by atoms with E-state index in [0.29, 0.717) is 12.2 Å². The van der Waals surface area contributed by atoms with Crippen LogP contribution in [0.15, 0.2) is 16.6 Å². The highest BCUT2D eigenvalue weighted by Crippen LogP contribution is 2.33. The normalized spacial score (nSPS) is 25.0. The molecule has 0 radical (unpaired) electrons. The van der Waals surface area contributed by atoms with Crippen molar-refractivity contribution in [2.45, 2.75) is 18.4 Å². The second-order valence-electron chi connectivity index (χ2n) is 4.03. The summed E-state index contributed by atoms with van der Waals surface area (Å²) in [5.74, 6) is 0.183. The third kappa shape index (κ3) is 2.41. The van der Waals surface area contributed by atoms with Gasteiger partial charge in [0.15, 0.2) is 0 Å². The highest BCUT2D eigenvalue weighted by atomic mass is 79.9. The van der Waals surface area contributed by atoms with Gasteiger partial charge in [-0.3, -0.25) is 0 Å². The Bertz CT molecular complexity index is 405. The van der Waals surface area contributed by atoms with Crippen molar-refractivity contribution in [2.75, 3.05) is 11.5 Å². The van der Waals surface area contributed by atoms with Crippen molar-refractivity contribution in [3.05, 3.63) is 33.8 Å². The van der Waals surface area contributed by atoms with Crippen LogP contribution < -0.4 is 0 Å². The standard InChI is InChI=1S/C11H11BrF2OS/c12-8-1-2-9(13)7(10(8)14)5-11(15)3-4-16-6-11/h1-2,15H,3-6H2. The average molecular weight is 309 g/mol. The van der Waals surface area contributed by atoms with Crippen LogP contribution in [-0.2, 0) is 6.42 Å². The molecule has 1 nitrogen and oxygen atoms in total. The Labute approximate surface area is 105 Å². The van der Waals surface area contributed by atoms with Crippen molar-refractivity contribution >= 4 is 27.7 Å². The van der Waals surface area contributed by atoms with Crippen LogP contribution in [0.5, 0.6) is 0 Å². The van der Waals surface area contributed by atoms with Crippen molar-refractivity contribution in [1.82, 2.24) is 0 Å². The number of hydrogen-bond donors (Lipinski definition) is 1. The van der Waals surface area contributed by atoms with Gasteiger partial charge in [0.2, 0.25) is 0 Å². The minimum Gasteiger partial charge on any atom is -0.389 e. The zero-order chi connectivity index (χ0) is 11.8. The number of rotatable bonds is 2. The maximum absolute atomic E-state index is 13.7. The summed E-state index contributed by atoms with van der Waals surface area (Å²) in [7, 11) is 0. The molecule has 0 saturated carbocycles. The molecule has 5 heteroatoms. The van der Waals surface area contributed by atoms with Crippen LogP contribution >= 0.6 is 27.7 Å². The number of thioether (sulfide) groups is 1. The molecule has 1 fully saturated rings. The molecule has 1 aromatic rings. The summed E-state index contributed by atoms with van der Waals surface area (Å²) in [4.78, 5) is 0. The predicted octanol–water partition coefficient (Wildman–Crippen LogP) is 3.14. The summed E-state index contributed by atoms with van der Waals surface area (Å²) in [5, 5.41) is 10.1. The third-order valence-corrected chi connectivity index (χ3v) is 4.57. The van der Waals surface area contributed by atoms with Gasteiger partial charge in [-0.05, 0) is 40.2 Å². The number of benzene rings is 1. The molecule has 0 aliphatic carbocycles. The van der Waals surface area contributed by atoms with Gasteiger partial charge in [-0.1, -0.05) is 0 Å². The van der Waals surface area contributed by atoms with Crippen molar-refractivity contribution in [2.24, 2.45) is 0 Å². The molecule has 1 aliphatic heterocycles. The zero-order valence-electron chi connectivity index (χ0n) is 8.47. The van der Waals surface area contributed by atoms with Crippen molar-refractivity contribution < 1.29 is 13.9 Å². The van der Waals surface area contributed by atoms with E-state index in [0.717, 1.165) is 5.75 Å². The Kier molecular flexibility index (Phi) is 3.56. The number of hydrogen-bond acceptors (Lipinski definition) is 2. The van der Waals surface area contributed by atoms with E-state index in [2.05, 4.69) is 15.9 Å². The Morgan fingerprint density at radius 3 is 2.81 bits per heavy atom. The van der Waals surface area contributed by atoms with E-state index in [-0.39, 0.29) is 16.5 Å². The molecule has 88 valence electrons. The van der Waals surface area contributed by atoms with E-state index in [9.17, 15) is 13.9 Å². The van der Waals surface area contributed by atoms with Gasteiger partial charge in [-0.25, -0.2) is 8.78 Å². The first kappa shape index (κ1) is 12.3. The summed E-state index contributed by atoms with van der Waals surface area (Å²) < 4.78 is 27.4. The molecule has 0 bridgehead atoms. The first-order chi connectivity index (χ1) is 7.52.